The van der Waals surface area contributed by atoms with Crippen molar-refractivity contribution in [1.29, 1.82) is 10.5 Å². The van der Waals surface area contributed by atoms with E-state index in [2.05, 4.69) is 22.2 Å². The van der Waals surface area contributed by atoms with Gasteiger partial charge in [-0.3, -0.25) is 9.67 Å². The van der Waals surface area contributed by atoms with E-state index in [1.807, 2.05) is 30.5 Å². The van der Waals surface area contributed by atoms with Crippen molar-refractivity contribution in [3.8, 4) is 23.4 Å². The van der Waals surface area contributed by atoms with Crippen LogP contribution in [0.5, 0.6) is 0 Å². The molecule has 26 heavy (non-hydrogen) atoms. The molecular formula is C20H14ClN5. The minimum absolute atomic E-state index is 0.352. The molecule has 3 aromatic rings. The second-order valence-corrected chi connectivity index (χ2v) is 5.94. The predicted molar refractivity (Wildman–Crippen MR) is 101 cm³/mol. The molecule has 5 nitrogen and oxygen atoms in total. The van der Waals surface area contributed by atoms with Crippen molar-refractivity contribution in [2.24, 2.45) is 0 Å². The third-order valence-corrected chi connectivity index (χ3v) is 3.94. The average molecular weight is 360 g/mol. The molecule has 1 aromatic carbocycles. The van der Waals surface area contributed by atoms with Crippen LogP contribution < -0.4 is 0 Å². The molecule has 2 heterocycles. The zero-order chi connectivity index (χ0) is 18.4. The second kappa shape index (κ2) is 8.11. The number of halogens is 1. The van der Waals surface area contributed by atoms with Crippen LogP contribution in [0.4, 0.5) is 0 Å². The fourth-order valence-electron chi connectivity index (χ4n) is 2.52. The summed E-state index contributed by atoms with van der Waals surface area (Å²) in [7, 11) is 0. The number of allylic oxidation sites excluding steroid dienone is 1. The third kappa shape index (κ3) is 3.97. The summed E-state index contributed by atoms with van der Waals surface area (Å²) in [5, 5.41) is 23.5. The molecule has 3 rings (SSSR count). The summed E-state index contributed by atoms with van der Waals surface area (Å²) in [6.07, 6.45) is 5.59. The molecular weight excluding hydrogens is 346 g/mol. The maximum absolute atomic E-state index is 9.54. The van der Waals surface area contributed by atoms with Gasteiger partial charge in [-0.15, -0.1) is 0 Å². The maximum atomic E-state index is 9.54. The van der Waals surface area contributed by atoms with Gasteiger partial charge in [0.15, 0.2) is 0 Å². The molecule has 0 aliphatic rings. The van der Waals surface area contributed by atoms with Crippen LogP contribution in [0.1, 0.15) is 17.7 Å². The van der Waals surface area contributed by atoms with Crippen molar-refractivity contribution >= 4 is 23.3 Å². The molecule has 0 N–H and O–H groups in total. The number of aromatic nitrogens is 3. The Bertz CT molecular complexity index is 1020. The highest BCUT2D eigenvalue weighted by molar-refractivity contribution is 6.30. The highest BCUT2D eigenvalue weighted by Gasteiger charge is 2.12. The fraction of sp³-hybridized carbons (Fsp3) is 0.100. The van der Waals surface area contributed by atoms with Gasteiger partial charge in [0.2, 0.25) is 0 Å². The number of nitriles is 2. The van der Waals surface area contributed by atoms with Gasteiger partial charge in [-0.05, 0) is 30.3 Å². The summed E-state index contributed by atoms with van der Waals surface area (Å²) in [6, 6.07) is 17.1. The molecule has 126 valence electrons. The smallest absolute Gasteiger partial charge is 0.101 e. The summed E-state index contributed by atoms with van der Waals surface area (Å²) in [6.45, 7) is 0.476. The number of hydrogen-bond donors (Lipinski definition) is 0. The van der Waals surface area contributed by atoms with Gasteiger partial charge in [-0.2, -0.15) is 15.6 Å². The van der Waals surface area contributed by atoms with Crippen LogP contribution in [-0.4, -0.2) is 14.8 Å². The lowest BCUT2D eigenvalue weighted by Gasteiger charge is -2.01. The number of aryl methyl sites for hydroxylation is 1. The van der Waals surface area contributed by atoms with E-state index in [0.717, 1.165) is 11.1 Å². The molecule has 0 saturated carbocycles. The average Bonchev–Trinajstić information content (AvgIpc) is 3.08. The minimum Gasteiger partial charge on any atom is -0.270 e. The van der Waals surface area contributed by atoms with Crippen molar-refractivity contribution in [2.45, 2.75) is 13.0 Å². The van der Waals surface area contributed by atoms with E-state index in [-0.39, 0.29) is 0 Å². The maximum Gasteiger partial charge on any atom is 0.101 e. The Morgan fingerprint density at radius 1 is 1.19 bits per heavy atom. The van der Waals surface area contributed by atoms with Crippen LogP contribution in [0.2, 0.25) is 5.02 Å². The Balaban J connectivity index is 2.10. The monoisotopic (exact) mass is 359 g/mol. The highest BCUT2D eigenvalue weighted by Crippen LogP contribution is 2.28. The fourth-order valence-corrected chi connectivity index (χ4v) is 2.71. The van der Waals surface area contributed by atoms with Crippen molar-refractivity contribution < 1.29 is 0 Å². The Labute approximate surface area is 156 Å². The summed E-state index contributed by atoms with van der Waals surface area (Å²) < 4.78 is 1.71. The molecule has 0 aliphatic heterocycles. The number of nitrogens with zero attached hydrogens (tertiary/aromatic N) is 5. The Morgan fingerprint density at radius 3 is 2.77 bits per heavy atom. The van der Waals surface area contributed by atoms with Gasteiger partial charge >= 0.3 is 0 Å². The number of rotatable bonds is 5. The van der Waals surface area contributed by atoms with Gasteiger partial charge < -0.3 is 0 Å². The summed E-state index contributed by atoms with van der Waals surface area (Å²) in [4.78, 5) is 4.24. The quantitative estimate of drug-likeness (QED) is 0.625. The van der Waals surface area contributed by atoms with Crippen molar-refractivity contribution in [3.63, 3.8) is 0 Å². The van der Waals surface area contributed by atoms with Crippen LogP contribution in [0, 0.1) is 22.7 Å². The van der Waals surface area contributed by atoms with Crippen molar-refractivity contribution in [1.82, 2.24) is 14.8 Å². The molecule has 0 fully saturated rings. The van der Waals surface area contributed by atoms with E-state index in [1.165, 1.54) is 0 Å². The summed E-state index contributed by atoms with van der Waals surface area (Å²) >= 11 is 6.11. The largest absolute Gasteiger partial charge is 0.270 e. The van der Waals surface area contributed by atoms with Gasteiger partial charge in [0.25, 0.3) is 0 Å². The first kappa shape index (κ1) is 17.4. The zero-order valence-corrected chi connectivity index (χ0v) is 14.6. The second-order valence-electron chi connectivity index (χ2n) is 5.50. The highest BCUT2D eigenvalue weighted by atomic mass is 35.5. The lowest BCUT2D eigenvalue weighted by Crippen LogP contribution is -1.97. The van der Waals surface area contributed by atoms with E-state index >= 15 is 0 Å². The van der Waals surface area contributed by atoms with E-state index < -0.39 is 0 Å². The molecule has 6 heteroatoms. The molecule has 0 radical (unpaired) electrons. The predicted octanol–water partition coefficient (Wildman–Crippen LogP) is 4.58. The van der Waals surface area contributed by atoms with Gasteiger partial charge in [0.05, 0.1) is 36.0 Å². The molecule has 0 saturated heterocycles. The Morgan fingerprint density at radius 2 is 2.08 bits per heavy atom. The molecule has 0 amide bonds. The van der Waals surface area contributed by atoms with E-state index in [0.29, 0.717) is 34.9 Å². The van der Waals surface area contributed by atoms with Crippen LogP contribution in [0.15, 0.2) is 54.9 Å². The lowest BCUT2D eigenvalue weighted by molar-refractivity contribution is 0.629. The molecule has 0 atom stereocenters. The van der Waals surface area contributed by atoms with Crippen LogP contribution in [-0.2, 0) is 6.54 Å². The van der Waals surface area contributed by atoms with E-state index in [1.54, 1.807) is 35.2 Å². The SMILES string of the molecule is N#CCCn1cc(/C=C(\C#N)c2ccccn2)c(-c2cccc(Cl)c2)n1. The van der Waals surface area contributed by atoms with E-state index in [9.17, 15) is 5.26 Å². The topological polar surface area (TPSA) is 78.3 Å². The van der Waals surface area contributed by atoms with Crippen molar-refractivity contribution in [2.75, 3.05) is 0 Å². The molecule has 2 aromatic heterocycles. The minimum atomic E-state index is 0.352. The van der Waals surface area contributed by atoms with Gasteiger partial charge in [-0.25, -0.2) is 0 Å². The standard InChI is InChI=1S/C20H14ClN5/c21-18-6-3-5-15(12-18)20-17(14-26(25-20)10-4-8-22)11-16(13-23)19-7-1-2-9-24-19/h1-3,5-7,9,11-12,14H,4,10H2/b16-11+. The van der Waals surface area contributed by atoms with Gasteiger partial charge in [0, 0.05) is 28.5 Å². The normalized spacial score (nSPS) is 11.0. The third-order valence-electron chi connectivity index (χ3n) is 3.70. The number of benzene rings is 1. The molecule has 0 spiro atoms. The molecule has 0 aliphatic carbocycles. The zero-order valence-electron chi connectivity index (χ0n) is 13.8. The van der Waals surface area contributed by atoms with E-state index in [4.69, 9.17) is 16.9 Å². The van der Waals surface area contributed by atoms with Crippen LogP contribution >= 0.6 is 11.6 Å². The van der Waals surface area contributed by atoms with Crippen LogP contribution in [0.25, 0.3) is 22.9 Å². The van der Waals surface area contributed by atoms with Crippen LogP contribution in [0.3, 0.4) is 0 Å². The molecule has 0 unspecified atom stereocenters. The number of hydrogen-bond acceptors (Lipinski definition) is 4. The summed E-state index contributed by atoms with van der Waals surface area (Å²) in [5.41, 5.74) is 3.35. The van der Waals surface area contributed by atoms with Gasteiger partial charge in [0.1, 0.15) is 6.07 Å². The first-order chi connectivity index (χ1) is 12.7. The summed E-state index contributed by atoms with van der Waals surface area (Å²) in [5.74, 6) is 0. The number of pyridine rings is 1. The molecule has 0 bridgehead atoms. The lowest BCUT2D eigenvalue weighted by atomic mass is 10.0. The first-order valence-corrected chi connectivity index (χ1v) is 8.32. The Hall–Kier alpha value is -3.41. The first-order valence-electron chi connectivity index (χ1n) is 7.95. The van der Waals surface area contributed by atoms with Gasteiger partial charge in [-0.1, -0.05) is 29.8 Å². The Kier molecular flexibility index (Phi) is 5.43. The van der Waals surface area contributed by atoms with Crippen molar-refractivity contribution in [3.05, 3.63) is 71.1 Å².